The van der Waals surface area contributed by atoms with Gasteiger partial charge in [0.2, 0.25) is 5.91 Å². The first-order valence-electron chi connectivity index (χ1n) is 7.09. The monoisotopic (exact) mass is 360 g/mol. The Kier molecular flexibility index (Phi) is 7.30. The molecule has 9 heteroatoms. The van der Waals surface area contributed by atoms with Crippen molar-refractivity contribution in [2.45, 2.75) is 30.4 Å². The quantitative estimate of drug-likeness (QED) is 0.531. The molecule has 0 radical (unpaired) electrons. The Morgan fingerprint density at radius 3 is 2.42 bits per heavy atom. The normalized spacial score (nSPS) is 14.8. The van der Waals surface area contributed by atoms with Gasteiger partial charge in [-0.1, -0.05) is 17.3 Å². The molecule has 0 unspecified atom stereocenters. The second-order valence-corrected chi connectivity index (χ2v) is 7.32. The number of carbonyl (C=O) groups excluding carboxylic acids is 1. The van der Waals surface area contributed by atoms with E-state index in [1.54, 1.807) is 6.92 Å². The lowest BCUT2D eigenvalue weighted by molar-refractivity contribution is -0.121. The number of hydrogen-bond donors (Lipinski definition) is 2. The number of benzene rings is 1. The minimum Gasteiger partial charge on any atom is -0.399 e. The highest BCUT2D eigenvalue weighted by atomic mass is 32.2. The van der Waals surface area contributed by atoms with Crippen molar-refractivity contribution >= 4 is 21.5 Å². The van der Waals surface area contributed by atoms with Crippen LogP contribution in [0.25, 0.3) is 0 Å². The highest BCUT2D eigenvalue weighted by Gasteiger charge is 2.23. The van der Waals surface area contributed by atoms with Crippen LogP contribution in [0.3, 0.4) is 0 Å². The van der Waals surface area contributed by atoms with Crippen LogP contribution in [-0.4, -0.2) is 51.2 Å². The van der Waals surface area contributed by atoms with Gasteiger partial charge in [-0.05, 0) is 24.6 Å². The van der Waals surface area contributed by atoms with Gasteiger partial charge in [-0.2, -0.15) is 0 Å². The lowest BCUT2D eigenvalue weighted by Crippen LogP contribution is -2.41. The van der Waals surface area contributed by atoms with Crippen LogP contribution in [0.5, 0.6) is 0 Å². The molecule has 1 aromatic rings. The van der Waals surface area contributed by atoms with Gasteiger partial charge < -0.3 is 15.3 Å². The number of oxime groups is 1. The number of aliphatic hydroxyl groups excluding tert-OH is 1. The summed E-state index contributed by atoms with van der Waals surface area (Å²) >= 11 is 0. The fourth-order valence-corrected chi connectivity index (χ4v) is 2.66. The molecular weight excluding hydrogens is 339 g/mol. The van der Waals surface area contributed by atoms with E-state index in [0.29, 0.717) is 11.3 Å². The van der Waals surface area contributed by atoms with Gasteiger partial charge in [-0.25, -0.2) is 12.8 Å². The summed E-state index contributed by atoms with van der Waals surface area (Å²) in [5.41, 5.74) is 0.701. The van der Waals surface area contributed by atoms with Gasteiger partial charge in [0.05, 0.1) is 23.1 Å². The first kappa shape index (κ1) is 20.0. The topological polar surface area (TPSA) is 105 Å². The predicted molar refractivity (Wildman–Crippen MR) is 87.2 cm³/mol. The molecule has 0 fully saturated rings. The zero-order valence-corrected chi connectivity index (χ0v) is 14.5. The summed E-state index contributed by atoms with van der Waals surface area (Å²) in [6.07, 6.45) is -0.343. The summed E-state index contributed by atoms with van der Waals surface area (Å²) in [7, 11) is -2.02. The van der Waals surface area contributed by atoms with Crippen molar-refractivity contribution in [1.82, 2.24) is 5.32 Å². The molecule has 1 rings (SSSR count). The fraction of sp³-hybridized carbons (Fsp3) is 0.467. The van der Waals surface area contributed by atoms with E-state index in [1.165, 1.54) is 31.4 Å². The van der Waals surface area contributed by atoms with Crippen LogP contribution in [0.2, 0.25) is 0 Å². The van der Waals surface area contributed by atoms with Crippen LogP contribution in [0.4, 0.5) is 4.39 Å². The molecule has 1 aromatic carbocycles. The van der Waals surface area contributed by atoms with E-state index in [-0.39, 0.29) is 11.3 Å². The molecule has 7 nitrogen and oxygen atoms in total. The van der Waals surface area contributed by atoms with Gasteiger partial charge in [0.15, 0.2) is 9.84 Å². The van der Waals surface area contributed by atoms with Gasteiger partial charge in [-0.3, -0.25) is 4.79 Å². The third-order valence-corrected chi connectivity index (χ3v) is 4.34. The van der Waals surface area contributed by atoms with Crippen molar-refractivity contribution in [2.24, 2.45) is 5.16 Å². The molecule has 0 spiro atoms. The summed E-state index contributed by atoms with van der Waals surface area (Å²) in [5.74, 6) is -0.511. The van der Waals surface area contributed by atoms with Gasteiger partial charge in [0.1, 0.15) is 19.9 Å². The third-order valence-electron chi connectivity index (χ3n) is 3.21. The predicted octanol–water partition coefficient (Wildman–Crippen LogP) is 0.990. The van der Waals surface area contributed by atoms with Gasteiger partial charge in [0.25, 0.3) is 0 Å². The van der Waals surface area contributed by atoms with E-state index in [1.807, 2.05) is 0 Å². The van der Waals surface area contributed by atoms with Crippen molar-refractivity contribution < 1.29 is 27.5 Å². The van der Waals surface area contributed by atoms with Gasteiger partial charge in [0, 0.05) is 6.26 Å². The van der Waals surface area contributed by atoms with Crippen LogP contribution in [0, 0.1) is 0 Å². The molecular formula is C15H21FN2O5S. The van der Waals surface area contributed by atoms with E-state index in [2.05, 4.69) is 15.3 Å². The molecule has 0 saturated heterocycles. The van der Waals surface area contributed by atoms with Crippen molar-refractivity contribution in [1.29, 1.82) is 0 Å². The maximum absolute atomic E-state index is 13.2. The molecule has 2 N–H and O–H groups in total. The smallest absolute Gasteiger partial charge is 0.226 e. The Morgan fingerprint density at radius 1 is 1.38 bits per heavy atom. The summed E-state index contributed by atoms with van der Waals surface area (Å²) in [5, 5.41) is 16.2. The second kappa shape index (κ2) is 8.74. The molecule has 24 heavy (non-hydrogen) atoms. The molecule has 0 heterocycles. The molecule has 0 bridgehead atoms. The Hall–Kier alpha value is -2.00. The fourth-order valence-electron chi connectivity index (χ4n) is 2.02. The SMILES string of the molecule is CON=C(C)CC(=O)N[C@H](CF)[C@@H](O)c1ccc(S(C)(=O)=O)cc1. The zero-order chi connectivity index (χ0) is 18.3. The van der Waals surface area contributed by atoms with E-state index >= 15 is 0 Å². The van der Waals surface area contributed by atoms with E-state index in [9.17, 15) is 22.7 Å². The number of rotatable bonds is 8. The van der Waals surface area contributed by atoms with Crippen LogP contribution >= 0.6 is 0 Å². The van der Waals surface area contributed by atoms with E-state index < -0.39 is 34.6 Å². The Morgan fingerprint density at radius 2 is 1.96 bits per heavy atom. The molecule has 0 aliphatic rings. The molecule has 0 aliphatic heterocycles. The van der Waals surface area contributed by atoms with Crippen LogP contribution < -0.4 is 5.32 Å². The standard InChI is InChI=1S/C15H21FN2O5S/c1-10(18-23-2)8-14(19)17-13(9-16)15(20)11-4-6-12(7-5-11)24(3,21)22/h4-7,13,15,20H,8-9H2,1-3H3,(H,17,19)/t13-,15+/m1/s1. The molecule has 134 valence electrons. The summed E-state index contributed by atoms with van der Waals surface area (Å²) in [6.45, 7) is 0.592. The number of aliphatic hydroxyl groups is 1. The maximum atomic E-state index is 13.2. The number of nitrogens with one attached hydrogen (secondary N) is 1. The number of carbonyl (C=O) groups is 1. The second-order valence-electron chi connectivity index (χ2n) is 5.30. The molecule has 1 amide bonds. The first-order chi connectivity index (χ1) is 11.2. The van der Waals surface area contributed by atoms with Crippen molar-refractivity contribution in [3.8, 4) is 0 Å². The Balaban J connectivity index is 2.81. The van der Waals surface area contributed by atoms with Crippen molar-refractivity contribution in [3.05, 3.63) is 29.8 Å². The Labute approximate surface area is 140 Å². The van der Waals surface area contributed by atoms with Crippen LogP contribution in [0.15, 0.2) is 34.3 Å². The number of sulfone groups is 1. The Bertz CT molecular complexity index is 688. The average molecular weight is 360 g/mol. The maximum Gasteiger partial charge on any atom is 0.226 e. The summed E-state index contributed by atoms with van der Waals surface area (Å²) < 4.78 is 36.0. The van der Waals surface area contributed by atoms with Crippen molar-refractivity contribution in [3.63, 3.8) is 0 Å². The molecule has 2 atom stereocenters. The minimum absolute atomic E-state index is 0.0886. The lowest BCUT2D eigenvalue weighted by atomic mass is 10.0. The lowest BCUT2D eigenvalue weighted by Gasteiger charge is -2.22. The average Bonchev–Trinajstić information content (AvgIpc) is 2.51. The van der Waals surface area contributed by atoms with Gasteiger partial charge >= 0.3 is 0 Å². The first-order valence-corrected chi connectivity index (χ1v) is 8.98. The molecule has 0 saturated carbocycles. The van der Waals surface area contributed by atoms with Crippen molar-refractivity contribution in [2.75, 3.05) is 20.0 Å². The van der Waals surface area contributed by atoms with E-state index in [0.717, 1.165) is 6.26 Å². The number of halogens is 1. The number of amides is 1. The number of hydrogen-bond acceptors (Lipinski definition) is 6. The number of alkyl halides is 1. The summed E-state index contributed by atoms with van der Waals surface area (Å²) in [4.78, 5) is 16.4. The number of nitrogens with zero attached hydrogens (tertiary/aromatic N) is 1. The largest absolute Gasteiger partial charge is 0.399 e. The molecule has 0 aromatic heterocycles. The van der Waals surface area contributed by atoms with Crippen LogP contribution in [0.1, 0.15) is 25.0 Å². The highest BCUT2D eigenvalue weighted by Crippen LogP contribution is 2.20. The van der Waals surface area contributed by atoms with Crippen LogP contribution in [-0.2, 0) is 19.5 Å². The molecule has 0 aliphatic carbocycles. The van der Waals surface area contributed by atoms with E-state index in [4.69, 9.17) is 0 Å². The third kappa shape index (κ3) is 5.89. The highest BCUT2D eigenvalue weighted by molar-refractivity contribution is 7.90. The zero-order valence-electron chi connectivity index (χ0n) is 13.7. The van der Waals surface area contributed by atoms with Gasteiger partial charge in [-0.15, -0.1) is 0 Å². The summed E-state index contributed by atoms with van der Waals surface area (Å²) in [6, 6.07) is 4.25. The minimum atomic E-state index is -3.36.